The van der Waals surface area contributed by atoms with Crippen molar-refractivity contribution in [3.8, 4) is 0 Å². The van der Waals surface area contributed by atoms with Crippen LogP contribution in [0, 0.1) is 17.2 Å². The number of rotatable bonds is 7. The van der Waals surface area contributed by atoms with Gasteiger partial charge in [-0.2, -0.15) is 0 Å². The zero-order valence-corrected chi connectivity index (χ0v) is 16.3. The summed E-state index contributed by atoms with van der Waals surface area (Å²) in [6.07, 6.45) is 3.33. The second kappa shape index (κ2) is 9.69. The van der Waals surface area contributed by atoms with E-state index in [1.54, 1.807) is 12.1 Å². The molecule has 1 saturated heterocycles. The number of nitrogens with one attached hydrogen (secondary N) is 2. The molecule has 1 fully saturated rings. The van der Waals surface area contributed by atoms with E-state index in [-0.39, 0.29) is 17.9 Å². The summed E-state index contributed by atoms with van der Waals surface area (Å²) in [7, 11) is 0. The van der Waals surface area contributed by atoms with Crippen LogP contribution in [0.15, 0.2) is 24.3 Å². The van der Waals surface area contributed by atoms with Crippen molar-refractivity contribution in [2.75, 3.05) is 31.5 Å². The normalized spacial score (nSPS) is 17.5. The SMILES string of the molecule is CCC(CC)(CN)C(=O)N1CCCC(CNC(=O)Nc2cccc(F)c2)C1. The van der Waals surface area contributed by atoms with E-state index in [2.05, 4.69) is 10.6 Å². The standard InChI is InChI=1S/C20H31FN4O2/c1-3-20(4-2,14-22)18(26)25-10-6-7-15(13-25)12-23-19(27)24-17-9-5-8-16(21)11-17/h5,8-9,11,15H,3-4,6-7,10,12-14,22H2,1-2H3,(H2,23,24,27). The number of carbonyl (C=O) groups excluding carboxylic acids is 2. The van der Waals surface area contributed by atoms with Crippen LogP contribution < -0.4 is 16.4 Å². The van der Waals surface area contributed by atoms with Gasteiger partial charge in [0.25, 0.3) is 0 Å². The molecule has 1 aromatic rings. The number of hydrogen-bond donors (Lipinski definition) is 3. The van der Waals surface area contributed by atoms with Gasteiger partial charge >= 0.3 is 6.03 Å². The minimum Gasteiger partial charge on any atom is -0.342 e. The van der Waals surface area contributed by atoms with Gasteiger partial charge in [-0.3, -0.25) is 4.79 Å². The van der Waals surface area contributed by atoms with E-state index in [1.165, 1.54) is 12.1 Å². The van der Waals surface area contributed by atoms with E-state index in [9.17, 15) is 14.0 Å². The van der Waals surface area contributed by atoms with E-state index in [0.717, 1.165) is 32.2 Å². The van der Waals surface area contributed by atoms with Gasteiger partial charge in [0, 0.05) is 31.9 Å². The third-order valence-electron chi connectivity index (χ3n) is 5.64. The van der Waals surface area contributed by atoms with Crippen LogP contribution in [0.3, 0.4) is 0 Å². The van der Waals surface area contributed by atoms with Crippen LogP contribution in [-0.4, -0.2) is 43.0 Å². The summed E-state index contributed by atoms with van der Waals surface area (Å²) >= 11 is 0. The summed E-state index contributed by atoms with van der Waals surface area (Å²) in [5.41, 5.74) is 5.84. The Bertz CT molecular complexity index is 640. The third kappa shape index (κ3) is 5.42. The maximum atomic E-state index is 13.2. The van der Waals surface area contributed by atoms with Gasteiger partial charge in [0.05, 0.1) is 5.41 Å². The molecule has 0 bridgehead atoms. The zero-order chi connectivity index (χ0) is 19.9. The molecule has 1 aliphatic heterocycles. The Morgan fingerprint density at radius 2 is 2.07 bits per heavy atom. The smallest absolute Gasteiger partial charge is 0.319 e. The first kappa shape index (κ1) is 21.2. The molecular formula is C20H31FN4O2. The van der Waals surface area contributed by atoms with Gasteiger partial charge in [-0.1, -0.05) is 19.9 Å². The molecule has 0 radical (unpaired) electrons. The van der Waals surface area contributed by atoms with Gasteiger partial charge in [-0.25, -0.2) is 9.18 Å². The van der Waals surface area contributed by atoms with E-state index in [4.69, 9.17) is 5.73 Å². The molecule has 6 nitrogen and oxygen atoms in total. The highest BCUT2D eigenvalue weighted by molar-refractivity contribution is 5.89. The largest absolute Gasteiger partial charge is 0.342 e. The molecule has 1 aromatic carbocycles. The Hall–Kier alpha value is -2.15. The Morgan fingerprint density at radius 1 is 1.33 bits per heavy atom. The molecule has 4 N–H and O–H groups in total. The second-order valence-corrected chi connectivity index (χ2v) is 7.30. The molecular weight excluding hydrogens is 347 g/mol. The molecule has 0 aliphatic carbocycles. The Kier molecular flexibility index (Phi) is 7.59. The minimum atomic E-state index is -0.482. The summed E-state index contributed by atoms with van der Waals surface area (Å²) in [6.45, 7) is 6.21. The summed E-state index contributed by atoms with van der Waals surface area (Å²) in [6, 6.07) is 5.39. The number of amides is 3. The monoisotopic (exact) mass is 378 g/mol. The van der Waals surface area contributed by atoms with Crippen molar-refractivity contribution < 1.29 is 14.0 Å². The number of hydrogen-bond acceptors (Lipinski definition) is 3. The van der Waals surface area contributed by atoms with Crippen LogP contribution in [0.1, 0.15) is 39.5 Å². The number of nitrogens with two attached hydrogens (primary N) is 1. The maximum Gasteiger partial charge on any atom is 0.319 e. The van der Waals surface area contributed by atoms with Crippen molar-refractivity contribution >= 4 is 17.6 Å². The minimum absolute atomic E-state index is 0.129. The van der Waals surface area contributed by atoms with Crippen LogP contribution in [0.25, 0.3) is 0 Å². The summed E-state index contributed by atoms with van der Waals surface area (Å²) < 4.78 is 13.2. The molecule has 150 valence electrons. The molecule has 0 spiro atoms. The van der Waals surface area contributed by atoms with Crippen molar-refractivity contribution in [2.24, 2.45) is 17.1 Å². The molecule has 1 unspecified atom stereocenters. The number of benzene rings is 1. The van der Waals surface area contributed by atoms with Crippen LogP contribution in [-0.2, 0) is 4.79 Å². The highest BCUT2D eigenvalue weighted by Crippen LogP contribution is 2.30. The topological polar surface area (TPSA) is 87.5 Å². The van der Waals surface area contributed by atoms with E-state index >= 15 is 0 Å². The first-order chi connectivity index (χ1) is 12.9. The maximum absolute atomic E-state index is 13.2. The average molecular weight is 378 g/mol. The predicted octanol–water partition coefficient (Wildman–Crippen LogP) is 2.95. The second-order valence-electron chi connectivity index (χ2n) is 7.30. The fourth-order valence-electron chi connectivity index (χ4n) is 3.66. The van der Waals surface area contributed by atoms with Crippen molar-refractivity contribution in [1.82, 2.24) is 10.2 Å². The Labute approximate surface area is 160 Å². The van der Waals surface area contributed by atoms with Crippen molar-refractivity contribution in [2.45, 2.75) is 39.5 Å². The van der Waals surface area contributed by atoms with Crippen molar-refractivity contribution in [3.05, 3.63) is 30.1 Å². The van der Waals surface area contributed by atoms with Gasteiger partial charge in [-0.15, -0.1) is 0 Å². The van der Waals surface area contributed by atoms with Crippen LogP contribution in [0.5, 0.6) is 0 Å². The number of nitrogens with zero attached hydrogens (tertiary/aromatic N) is 1. The Balaban J connectivity index is 1.87. The lowest BCUT2D eigenvalue weighted by Gasteiger charge is -2.39. The molecule has 3 amide bonds. The highest BCUT2D eigenvalue weighted by Gasteiger charge is 2.38. The highest BCUT2D eigenvalue weighted by atomic mass is 19.1. The Morgan fingerprint density at radius 3 is 2.70 bits per heavy atom. The van der Waals surface area contributed by atoms with Gasteiger partial charge in [0.1, 0.15) is 5.82 Å². The molecule has 1 heterocycles. The zero-order valence-electron chi connectivity index (χ0n) is 16.3. The predicted molar refractivity (Wildman–Crippen MR) is 105 cm³/mol. The molecule has 27 heavy (non-hydrogen) atoms. The molecule has 1 atom stereocenters. The van der Waals surface area contributed by atoms with Gasteiger partial charge in [-0.05, 0) is 49.8 Å². The van der Waals surface area contributed by atoms with E-state index in [0.29, 0.717) is 25.3 Å². The first-order valence-electron chi connectivity index (χ1n) is 9.74. The average Bonchev–Trinajstić information content (AvgIpc) is 2.68. The lowest BCUT2D eigenvalue weighted by molar-refractivity contribution is -0.144. The third-order valence-corrected chi connectivity index (χ3v) is 5.64. The molecule has 7 heteroatoms. The fourth-order valence-corrected chi connectivity index (χ4v) is 3.66. The number of piperidine rings is 1. The summed E-state index contributed by atoms with van der Waals surface area (Å²) in [5.74, 6) is -0.0708. The number of urea groups is 1. The van der Waals surface area contributed by atoms with Crippen LogP contribution in [0.2, 0.25) is 0 Å². The fraction of sp³-hybridized carbons (Fsp3) is 0.600. The summed E-state index contributed by atoms with van der Waals surface area (Å²) in [5, 5.41) is 5.45. The van der Waals surface area contributed by atoms with Gasteiger partial charge in [0.15, 0.2) is 0 Å². The lowest BCUT2D eigenvalue weighted by atomic mass is 9.80. The molecule has 2 rings (SSSR count). The lowest BCUT2D eigenvalue weighted by Crippen LogP contribution is -2.52. The van der Waals surface area contributed by atoms with Gasteiger partial charge < -0.3 is 21.3 Å². The van der Waals surface area contributed by atoms with E-state index in [1.807, 2.05) is 18.7 Å². The quantitative estimate of drug-likeness (QED) is 0.682. The number of carbonyl (C=O) groups is 2. The molecule has 0 aromatic heterocycles. The van der Waals surface area contributed by atoms with Crippen LogP contribution in [0.4, 0.5) is 14.9 Å². The summed E-state index contributed by atoms with van der Waals surface area (Å²) in [4.78, 5) is 26.9. The van der Waals surface area contributed by atoms with Crippen molar-refractivity contribution in [1.29, 1.82) is 0 Å². The molecule has 0 saturated carbocycles. The first-order valence-corrected chi connectivity index (χ1v) is 9.74. The van der Waals surface area contributed by atoms with Crippen molar-refractivity contribution in [3.63, 3.8) is 0 Å². The van der Waals surface area contributed by atoms with Crippen LogP contribution >= 0.6 is 0 Å². The van der Waals surface area contributed by atoms with Gasteiger partial charge in [0.2, 0.25) is 5.91 Å². The van der Waals surface area contributed by atoms with E-state index < -0.39 is 11.2 Å². The number of anilines is 1. The molecule has 1 aliphatic rings. The number of likely N-dealkylation sites (tertiary alicyclic amines) is 1. The number of halogens is 1.